The van der Waals surface area contributed by atoms with Crippen molar-refractivity contribution in [3.8, 4) is 17.6 Å². The van der Waals surface area contributed by atoms with Gasteiger partial charge in [0.05, 0.1) is 23.5 Å². The number of allylic oxidation sites excluding steroid dienone is 3. The lowest BCUT2D eigenvalue weighted by Crippen LogP contribution is -2.46. The highest BCUT2D eigenvalue weighted by molar-refractivity contribution is 6.20. The van der Waals surface area contributed by atoms with Crippen LogP contribution in [0.25, 0.3) is 28.0 Å². The van der Waals surface area contributed by atoms with Gasteiger partial charge in [0.15, 0.2) is 17.3 Å². The number of aromatic nitrogens is 2. The number of phenolic OH excluding ortho intramolecular Hbond substituents is 1. The summed E-state index contributed by atoms with van der Waals surface area (Å²) in [5.74, 6) is 0.427. The van der Waals surface area contributed by atoms with Gasteiger partial charge >= 0.3 is 5.97 Å². The van der Waals surface area contributed by atoms with Crippen LogP contribution in [0.4, 0.5) is 5.69 Å². The molecule has 3 heterocycles. The topological polar surface area (TPSA) is 189 Å². The number of methoxy groups -OCH3 is 2. The minimum absolute atomic E-state index is 0.0276. The molecule has 2 aliphatic rings. The summed E-state index contributed by atoms with van der Waals surface area (Å²) in [4.78, 5) is 45.4. The van der Waals surface area contributed by atoms with Crippen LogP contribution in [-0.4, -0.2) is 92.2 Å². The number of nitrogens with one attached hydrogen (secondary N) is 1. The van der Waals surface area contributed by atoms with E-state index in [2.05, 4.69) is 17.2 Å². The van der Waals surface area contributed by atoms with E-state index in [1.165, 1.54) is 21.1 Å². The number of hydrogen-bond donors (Lipinski definition) is 5. The molecule has 1 aliphatic carbocycles. The summed E-state index contributed by atoms with van der Waals surface area (Å²) in [5, 5.41) is 48.9. The third-order valence-electron chi connectivity index (χ3n) is 10.9. The first-order valence-corrected chi connectivity index (χ1v) is 18.6. The number of amides is 1. The number of nitrogens with zero attached hydrogens (tertiary/aromatic N) is 2. The number of hydrogen-bond acceptors (Lipinski definition) is 11. The number of aromatic hydroxyl groups is 1. The molecule has 5 N–H and O–H groups in total. The van der Waals surface area contributed by atoms with E-state index < -0.39 is 83.4 Å². The summed E-state index contributed by atoms with van der Waals surface area (Å²) in [5.41, 5.74) is 1.99. The third-order valence-corrected chi connectivity index (χ3v) is 10.9. The number of aliphatic hydroxyl groups excluding tert-OH is 3. The van der Waals surface area contributed by atoms with Crippen LogP contribution in [0.5, 0.6) is 5.75 Å². The zero-order chi connectivity index (χ0) is 41.2. The molecule has 1 amide bonds. The number of phenols is 1. The Morgan fingerprint density at radius 3 is 2.36 bits per heavy atom. The van der Waals surface area contributed by atoms with Crippen LogP contribution in [0.15, 0.2) is 54.3 Å². The molecule has 9 atom stereocenters. The standard InChI is InChI=1S/C43H51N3O10/c1-21-18-19-46-32(20-21)44-36-35-33-28(48)14-11-15-30(54-8)24(4)42(56-27(7)47)26(6)40(51)25(5)39(50)22(2)12-10-13-23(3)43(53)45-37(38(36)46)41(52)34(35)29(49)16-17-31(33)55-9/h10-13,15,18-20,22,24-26,30-31,39-40,42,49-52H,14H2,1-9H3,(H,45,53)/b12-10+,15-11+,23-13-/t22-,24+,25+,26+,30-,31?,39-,40+,42+/m0/s1. The van der Waals surface area contributed by atoms with Gasteiger partial charge in [0.25, 0.3) is 5.91 Å². The lowest BCUT2D eigenvalue weighted by Gasteiger charge is -2.38. The van der Waals surface area contributed by atoms with Gasteiger partial charge in [0.2, 0.25) is 0 Å². The molecule has 0 fully saturated rings. The second-order valence-electron chi connectivity index (χ2n) is 14.8. The SMILES string of the molecule is COC1C#CC(O)=c2c(O)c3c4c(nc5cc(C)ccn54)c2=C1C(=O)C/C=C/[C@H](OC)[C@@H](C)[C@@H](OC(C)=O)[C@H](C)[C@H](O)[C@H](C)[C@@H](O)[C@@H](C)/C=C/C=C(/C)C(=O)N3. The Kier molecular flexibility index (Phi) is 12.9. The van der Waals surface area contributed by atoms with Crippen molar-refractivity contribution in [2.45, 2.75) is 85.4 Å². The van der Waals surface area contributed by atoms with Gasteiger partial charge in [-0.2, -0.15) is 0 Å². The number of ether oxygens (including phenoxy) is 3. The Balaban J connectivity index is 1.81. The zero-order valence-electron chi connectivity index (χ0n) is 33.2. The van der Waals surface area contributed by atoms with Crippen molar-refractivity contribution in [1.82, 2.24) is 9.38 Å². The monoisotopic (exact) mass is 769 g/mol. The van der Waals surface area contributed by atoms with E-state index in [0.717, 1.165) is 5.56 Å². The Bertz CT molecular complexity index is 2330. The molecule has 13 nitrogen and oxygen atoms in total. The minimum atomic E-state index is -1.15. The van der Waals surface area contributed by atoms with Gasteiger partial charge in [-0.3, -0.25) is 18.8 Å². The molecular weight excluding hydrogens is 718 g/mol. The number of fused-ring (bicyclic) bond motifs is 1. The number of aliphatic hydroxyl groups is 3. The molecule has 5 rings (SSSR count). The van der Waals surface area contributed by atoms with Crippen LogP contribution in [0.2, 0.25) is 0 Å². The second kappa shape index (κ2) is 17.3. The molecule has 13 heteroatoms. The van der Waals surface area contributed by atoms with E-state index in [-0.39, 0.29) is 44.7 Å². The maximum Gasteiger partial charge on any atom is 0.302 e. The fraction of sp³-hybridized carbons (Fsp3) is 0.442. The Labute approximate surface area is 325 Å². The molecule has 0 radical (unpaired) electrons. The van der Waals surface area contributed by atoms with Crippen molar-refractivity contribution < 1.29 is 49.0 Å². The zero-order valence-corrected chi connectivity index (χ0v) is 33.2. The number of ketones is 1. The van der Waals surface area contributed by atoms with E-state index in [1.807, 2.05) is 19.9 Å². The van der Waals surface area contributed by atoms with Gasteiger partial charge in [0.1, 0.15) is 34.6 Å². The van der Waals surface area contributed by atoms with Crippen LogP contribution in [0, 0.1) is 42.4 Å². The lowest BCUT2D eigenvalue weighted by atomic mass is 9.78. The van der Waals surface area contributed by atoms with Gasteiger partial charge in [-0.15, -0.1) is 0 Å². The van der Waals surface area contributed by atoms with Gasteiger partial charge in [-0.25, -0.2) is 4.98 Å². The normalized spacial score (nSPS) is 30.2. The van der Waals surface area contributed by atoms with Crippen molar-refractivity contribution in [3.05, 3.63) is 70.3 Å². The number of carbonyl (C=O) groups excluding carboxylic acids is 3. The van der Waals surface area contributed by atoms with Gasteiger partial charge in [-0.05, 0) is 37.5 Å². The van der Waals surface area contributed by atoms with Crippen LogP contribution >= 0.6 is 0 Å². The summed E-state index contributed by atoms with van der Waals surface area (Å²) in [7, 11) is 2.85. The average molecular weight is 770 g/mol. The maximum absolute atomic E-state index is 14.4. The molecule has 2 aromatic heterocycles. The summed E-state index contributed by atoms with van der Waals surface area (Å²) in [6.45, 7) is 11.8. The Morgan fingerprint density at radius 1 is 0.982 bits per heavy atom. The van der Waals surface area contributed by atoms with E-state index >= 15 is 0 Å². The molecule has 1 aromatic carbocycles. The quantitative estimate of drug-likeness (QED) is 0.114. The summed E-state index contributed by atoms with van der Waals surface area (Å²) in [6, 6.07) is 3.64. The Hall–Kier alpha value is -5.26. The molecule has 1 aliphatic heterocycles. The number of pyridine rings is 1. The number of Topliss-reactive ketones (excluding diaryl/α,β-unsaturated/α-hetero) is 1. The van der Waals surface area contributed by atoms with Gasteiger partial charge < -0.3 is 40.0 Å². The summed E-state index contributed by atoms with van der Waals surface area (Å²) < 4.78 is 19.0. The number of anilines is 1. The largest absolute Gasteiger partial charge is 0.505 e. The molecule has 3 aromatic rings. The van der Waals surface area contributed by atoms with E-state index in [4.69, 9.17) is 19.2 Å². The molecule has 0 saturated carbocycles. The van der Waals surface area contributed by atoms with E-state index in [9.17, 15) is 34.8 Å². The Morgan fingerprint density at radius 2 is 1.70 bits per heavy atom. The van der Waals surface area contributed by atoms with E-state index in [0.29, 0.717) is 5.65 Å². The number of aryl methyl sites for hydroxylation is 1. The maximum atomic E-state index is 14.4. The molecule has 1 unspecified atom stereocenters. The van der Waals surface area contributed by atoms with Gasteiger partial charge in [-0.1, -0.05) is 64.0 Å². The highest BCUT2D eigenvalue weighted by atomic mass is 16.5. The van der Waals surface area contributed by atoms with Crippen molar-refractivity contribution >= 4 is 51.4 Å². The molecule has 298 valence electrons. The van der Waals surface area contributed by atoms with Crippen molar-refractivity contribution in [3.63, 3.8) is 0 Å². The van der Waals surface area contributed by atoms with Crippen LogP contribution in [0.1, 0.15) is 53.5 Å². The molecule has 2 bridgehead atoms. The highest BCUT2D eigenvalue weighted by Gasteiger charge is 2.39. The van der Waals surface area contributed by atoms with Crippen molar-refractivity contribution in [1.29, 1.82) is 0 Å². The van der Waals surface area contributed by atoms with Crippen molar-refractivity contribution in [2.75, 3.05) is 19.5 Å². The average Bonchev–Trinajstić information content (AvgIpc) is 3.46. The smallest absolute Gasteiger partial charge is 0.302 e. The lowest BCUT2D eigenvalue weighted by molar-refractivity contribution is -0.160. The van der Waals surface area contributed by atoms with Crippen LogP contribution < -0.4 is 15.8 Å². The van der Waals surface area contributed by atoms with Crippen molar-refractivity contribution in [2.24, 2.45) is 23.7 Å². The number of imidazole rings is 1. The number of carbonyl (C=O) groups is 3. The summed E-state index contributed by atoms with van der Waals surface area (Å²) in [6.07, 6.45) is 4.88. The number of esters is 1. The number of benzene rings is 1. The fourth-order valence-electron chi connectivity index (χ4n) is 7.60. The van der Waals surface area contributed by atoms with Crippen LogP contribution in [0.3, 0.4) is 0 Å². The minimum Gasteiger partial charge on any atom is -0.505 e. The van der Waals surface area contributed by atoms with E-state index in [1.54, 1.807) is 74.7 Å². The molecule has 56 heavy (non-hydrogen) atoms. The molecular formula is C43H51N3O10. The predicted molar refractivity (Wildman–Crippen MR) is 212 cm³/mol. The van der Waals surface area contributed by atoms with Crippen LogP contribution in [-0.2, 0) is 28.6 Å². The first-order chi connectivity index (χ1) is 26.5. The fourth-order valence-corrected chi connectivity index (χ4v) is 7.60. The first kappa shape index (κ1) is 41.9. The molecule has 0 saturated heterocycles. The predicted octanol–water partition coefficient (Wildman–Crippen LogP) is 3.53. The number of rotatable bonds is 3. The summed E-state index contributed by atoms with van der Waals surface area (Å²) >= 11 is 0. The first-order valence-electron chi connectivity index (χ1n) is 18.6. The highest BCUT2D eigenvalue weighted by Crippen LogP contribution is 2.33. The third kappa shape index (κ3) is 8.15. The van der Waals surface area contributed by atoms with Gasteiger partial charge in [0, 0.05) is 73.8 Å². The molecule has 0 spiro atoms. The second-order valence-corrected chi connectivity index (χ2v) is 14.8.